The van der Waals surface area contributed by atoms with Gasteiger partial charge in [0.15, 0.2) is 6.61 Å². The van der Waals surface area contributed by atoms with Crippen molar-refractivity contribution in [2.24, 2.45) is 0 Å². The summed E-state index contributed by atoms with van der Waals surface area (Å²) >= 11 is 0. The van der Waals surface area contributed by atoms with Crippen LogP contribution in [-0.2, 0) is 30.3 Å². The number of anilines is 1. The van der Waals surface area contributed by atoms with E-state index >= 15 is 0 Å². The smallest absolute Gasteiger partial charge is 0.326 e. The van der Waals surface area contributed by atoms with Gasteiger partial charge in [0.05, 0.1) is 19.3 Å². The van der Waals surface area contributed by atoms with E-state index in [9.17, 15) is 14.4 Å². The van der Waals surface area contributed by atoms with Gasteiger partial charge < -0.3 is 13.9 Å². The zero-order chi connectivity index (χ0) is 21.5. The largest absolute Gasteiger partial charge is 0.465 e. The van der Waals surface area contributed by atoms with Crippen molar-refractivity contribution in [3.63, 3.8) is 0 Å². The Bertz CT molecular complexity index is 1040. The van der Waals surface area contributed by atoms with Gasteiger partial charge in [0.25, 0.3) is 5.91 Å². The minimum atomic E-state index is -0.559. The third-order valence-electron chi connectivity index (χ3n) is 4.46. The van der Waals surface area contributed by atoms with Crippen LogP contribution in [0.4, 0.5) is 5.69 Å². The average molecular weight is 409 g/mol. The zero-order valence-electron chi connectivity index (χ0n) is 16.9. The summed E-state index contributed by atoms with van der Waals surface area (Å²) in [6, 6.07) is 14.4. The van der Waals surface area contributed by atoms with Crippen molar-refractivity contribution in [1.29, 1.82) is 0 Å². The van der Waals surface area contributed by atoms with Crippen molar-refractivity contribution in [1.82, 2.24) is 0 Å². The Morgan fingerprint density at radius 2 is 1.77 bits per heavy atom. The lowest BCUT2D eigenvalue weighted by atomic mass is 10.1. The summed E-state index contributed by atoms with van der Waals surface area (Å²) in [5, 5.41) is 0.831. The molecule has 3 rings (SSSR count). The van der Waals surface area contributed by atoms with Gasteiger partial charge >= 0.3 is 11.9 Å². The van der Waals surface area contributed by atoms with Gasteiger partial charge in [-0.3, -0.25) is 19.3 Å². The van der Waals surface area contributed by atoms with Crippen molar-refractivity contribution < 1.29 is 28.3 Å². The van der Waals surface area contributed by atoms with E-state index in [1.165, 1.54) is 11.2 Å². The molecule has 0 unspecified atom stereocenters. The van der Waals surface area contributed by atoms with Crippen LogP contribution in [0.25, 0.3) is 11.0 Å². The highest BCUT2D eigenvalue weighted by atomic mass is 16.5. The lowest BCUT2D eigenvalue weighted by Gasteiger charge is -2.21. The second kappa shape index (κ2) is 9.73. The lowest BCUT2D eigenvalue weighted by Crippen LogP contribution is -2.39. The molecule has 3 aromatic rings. The molecule has 0 saturated heterocycles. The number of furan rings is 1. The normalized spacial score (nSPS) is 10.6. The summed E-state index contributed by atoms with van der Waals surface area (Å²) in [4.78, 5) is 38.1. The van der Waals surface area contributed by atoms with Crippen LogP contribution in [0, 0.1) is 6.92 Å². The molecule has 0 spiro atoms. The zero-order valence-corrected chi connectivity index (χ0v) is 16.9. The Labute approximate surface area is 174 Å². The van der Waals surface area contributed by atoms with Gasteiger partial charge in [-0.2, -0.15) is 0 Å². The number of hydrogen-bond donors (Lipinski definition) is 0. The average Bonchev–Trinajstić information content (AvgIpc) is 3.12. The van der Waals surface area contributed by atoms with Gasteiger partial charge in [-0.25, -0.2) is 0 Å². The fourth-order valence-corrected chi connectivity index (χ4v) is 3.02. The Morgan fingerprint density at radius 3 is 2.50 bits per heavy atom. The van der Waals surface area contributed by atoms with Gasteiger partial charge in [-0.05, 0) is 37.6 Å². The Balaban J connectivity index is 1.63. The number of hydrogen-bond acceptors (Lipinski definition) is 6. The molecule has 0 radical (unpaired) electrons. The van der Waals surface area contributed by atoms with E-state index in [-0.39, 0.29) is 19.6 Å². The van der Waals surface area contributed by atoms with E-state index in [0.29, 0.717) is 16.8 Å². The number of aryl methyl sites for hydroxylation is 1. The summed E-state index contributed by atoms with van der Waals surface area (Å²) in [6.07, 6.45) is 1.50. The molecule has 0 N–H and O–H groups in total. The SMILES string of the molecule is CCOC(=O)CN(C(=O)COC(=O)Cc1coc2cc(C)ccc12)c1ccccc1. The quantitative estimate of drug-likeness (QED) is 0.530. The summed E-state index contributed by atoms with van der Waals surface area (Å²) < 4.78 is 15.6. The van der Waals surface area contributed by atoms with E-state index in [1.54, 1.807) is 37.3 Å². The number of nitrogens with zero attached hydrogens (tertiary/aromatic N) is 1. The first kappa shape index (κ1) is 21.1. The number of carbonyl (C=O) groups is 3. The number of amides is 1. The molecule has 0 aliphatic heterocycles. The van der Waals surface area contributed by atoms with E-state index < -0.39 is 24.5 Å². The van der Waals surface area contributed by atoms with Crippen LogP contribution >= 0.6 is 0 Å². The van der Waals surface area contributed by atoms with Crippen molar-refractivity contribution >= 4 is 34.5 Å². The molecule has 2 aromatic carbocycles. The third-order valence-corrected chi connectivity index (χ3v) is 4.46. The van der Waals surface area contributed by atoms with Crippen LogP contribution in [0.15, 0.2) is 59.2 Å². The molecule has 0 bridgehead atoms. The monoisotopic (exact) mass is 409 g/mol. The number of rotatable bonds is 8. The van der Waals surface area contributed by atoms with Crippen molar-refractivity contribution in [3.8, 4) is 0 Å². The molecular weight excluding hydrogens is 386 g/mol. The van der Waals surface area contributed by atoms with Crippen LogP contribution in [0.3, 0.4) is 0 Å². The predicted octanol–water partition coefficient (Wildman–Crippen LogP) is 3.42. The molecule has 0 fully saturated rings. The molecule has 0 aliphatic rings. The first-order chi connectivity index (χ1) is 14.5. The Kier molecular flexibility index (Phi) is 6.85. The van der Waals surface area contributed by atoms with Crippen LogP contribution in [0.1, 0.15) is 18.1 Å². The summed E-state index contributed by atoms with van der Waals surface area (Å²) in [5.74, 6) is -1.62. The fourth-order valence-electron chi connectivity index (χ4n) is 3.02. The fraction of sp³-hybridized carbons (Fsp3) is 0.261. The Morgan fingerprint density at radius 1 is 1.00 bits per heavy atom. The van der Waals surface area contributed by atoms with Gasteiger partial charge in [0.1, 0.15) is 12.1 Å². The standard InChI is InChI=1S/C23H23NO6/c1-3-28-23(27)13-24(18-7-5-4-6-8-18)21(25)15-30-22(26)12-17-14-29-20-11-16(2)9-10-19(17)20/h4-11,14H,3,12-13,15H2,1-2H3. The summed E-state index contributed by atoms with van der Waals surface area (Å²) in [6.45, 7) is 3.11. The van der Waals surface area contributed by atoms with Crippen LogP contribution in [0.2, 0.25) is 0 Å². The first-order valence-electron chi connectivity index (χ1n) is 9.61. The van der Waals surface area contributed by atoms with E-state index in [1.807, 2.05) is 25.1 Å². The minimum Gasteiger partial charge on any atom is -0.465 e. The van der Waals surface area contributed by atoms with E-state index in [2.05, 4.69) is 0 Å². The van der Waals surface area contributed by atoms with Crippen molar-refractivity contribution in [2.45, 2.75) is 20.3 Å². The lowest BCUT2D eigenvalue weighted by molar-refractivity contribution is -0.147. The van der Waals surface area contributed by atoms with E-state index in [0.717, 1.165) is 10.9 Å². The topological polar surface area (TPSA) is 86.0 Å². The number of para-hydroxylation sites is 1. The second-order valence-corrected chi connectivity index (χ2v) is 6.72. The highest BCUT2D eigenvalue weighted by Gasteiger charge is 2.21. The maximum atomic E-state index is 12.7. The second-order valence-electron chi connectivity index (χ2n) is 6.72. The van der Waals surface area contributed by atoms with Gasteiger partial charge in [0.2, 0.25) is 0 Å². The summed E-state index contributed by atoms with van der Waals surface area (Å²) in [7, 11) is 0. The molecule has 7 heteroatoms. The molecule has 30 heavy (non-hydrogen) atoms. The molecule has 156 valence electrons. The molecule has 0 aliphatic carbocycles. The molecule has 7 nitrogen and oxygen atoms in total. The maximum Gasteiger partial charge on any atom is 0.326 e. The summed E-state index contributed by atoms with van der Waals surface area (Å²) in [5.41, 5.74) is 2.95. The number of esters is 2. The number of ether oxygens (including phenoxy) is 2. The predicted molar refractivity (Wildman–Crippen MR) is 111 cm³/mol. The third kappa shape index (κ3) is 5.26. The molecule has 1 heterocycles. The molecule has 1 amide bonds. The van der Waals surface area contributed by atoms with Gasteiger partial charge in [0, 0.05) is 16.6 Å². The molecule has 0 atom stereocenters. The van der Waals surface area contributed by atoms with Crippen LogP contribution < -0.4 is 4.90 Å². The van der Waals surface area contributed by atoms with Crippen LogP contribution in [-0.4, -0.2) is 37.6 Å². The minimum absolute atomic E-state index is 0.0213. The number of carbonyl (C=O) groups excluding carboxylic acids is 3. The molecule has 0 saturated carbocycles. The van der Waals surface area contributed by atoms with Crippen molar-refractivity contribution in [2.75, 3.05) is 24.7 Å². The van der Waals surface area contributed by atoms with E-state index in [4.69, 9.17) is 13.9 Å². The van der Waals surface area contributed by atoms with Gasteiger partial charge in [-0.1, -0.05) is 30.3 Å². The highest BCUT2D eigenvalue weighted by molar-refractivity contribution is 5.99. The first-order valence-corrected chi connectivity index (χ1v) is 9.61. The van der Waals surface area contributed by atoms with Crippen LogP contribution in [0.5, 0.6) is 0 Å². The Hall–Kier alpha value is -3.61. The number of fused-ring (bicyclic) bond motifs is 1. The maximum absolute atomic E-state index is 12.7. The van der Waals surface area contributed by atoms with Gasteiger partial charge in [-0.15, -0.1) is 0 Å². The van der Waals surface area contributed by atoms with Crippen molar-refractivity contribution in [3.05, 3.63) is 65.9 Å². The molecular formula is C23H23NO6. The number of benzene rings is 2. The highest BCUT2D eigenvalue weighted by Crippen LogP contribution is 2.23. The molecule has 1 aromatic heterocycles.